The van der Waals surface area contributed by atoms with Gasteiger partial charge in [0.15, 0.2) is 0 Å². The zero-order valence-corrected chi connectivity index (χ0v) is 12.9. The number of anilines is 1. The number of hydrogen-bond donors (Lipinski definition) is 1. The van der Waals surface area contributed by atoms with Crippen molar-refractivity contribution in [1.29, 1.82) is 0 Å². The van der Waals surface area contributed by atoms with Crippen LogP contribution in [0.1, 0.15) is 15.9 Å². The van der Waals surface area contributed by atoms with E-state index in [0.29, 0.717) is 11.3 Å². The third-order valence-corrected chi connectivity index (χ3v) is 3.11. The lowest BCUT2D eigenvalue weighted by Crippen LogP contribution is -2.15. The molecular formula is C17H19FN2O2. The lowest BCUT2D eigenvalue weighted by Gasteiger charge is -2.11. The third-order valence-electron chi connectivity index (χ3n) is 3.11. The van der Waals surface area contributed by atoms with Gasteiger partial charge in [-0.15, -0.1) is 0 Å². The fourth-order valence-corrected chi connectivity index (χ4v) is 2.10. The van der Waals surface area contributed by atoms with Gasteiger partial charge in [-0.1, -0.05) is 12.1 Å². The first-order valence-corrected chi connectivity index (χ1v) is 6.88. The van der Waals surface area contributed by atoms with Crippen molar-refractivity contribution in [3.63, 3.8) is 0 Å². The predicted molar refractivity (Wildman–Crippen MR) is 84.7 cm³/mol. The molecule has 2 aromatic rings. The average molecular weight is 302 g/mol. The van der Waals surface area contributed by atoms with Crippen molar-refractivity contribution in [3.05, 3.63) is 59.4 Å². The fraction of sp³-hybridized carbons (Fsp3) is 0.235. The number of amides is 1. The Kier molecular flexibility index (Phi) is 5.12. The summed E-state index contributed by atoms with van der Waals surface area (Å²) in [7, 11) is 5.40. The summed E-state index contributed by atoms with van der Waals surface area (Å²) in [6.07, 6.45) is 0. The van der Waals surface area contributed by atoms with Crippen LogP contribution in [0.15, 0.2) is 42.5 Å². The van der Waals surface area contributed by atoms with Gasteiger partial charge in [0.25, 0.3) is 5.91 Å². The molecule has 1 amide bonds. The molecule has 4 nitrogen and oxygen atoms in total. The summed E-state index contributed by atoms with van der Waals surface area (Å²) < 4.78 is 18.8. The number of nitrogens with zero attached hydrogens (tertiary/aromatic N) is 1. The molecular weight excluding hydrogens is 283 g/mol. The van der Waals surface area contributed by atoms with Crippen LogP contribution in [-0.4, -0.2) is 32.0 Å². The zero-order chi connectivity index (χ0) is 16.1. The summed E-state index contributed by atoms with van der Waals surface area (Å²) in [4.78, 5) is 14.3. The quantitative estimate of drug-likeness (QED) is 0.922. The van der Waals surface area contributed by atoms with Gasteiger partial charge in [0.1, 0.15) is 11.6 Å². The lowest BCUT2D eigenvalue weighted by molar-refractivity contribution is 0.102. The van der Waals surface area contributed by atoms with Gasteiger partial charge in [-0.05, 0) is 43.9 Å². The molecule has 5 heteroatoms. The highest BCUT2D eigenvalue weighted by Gasteiger charge is 2.11. The van der Waals surface area contributed by atoms with Crippen molar-refractivity contribution in [2.45, 2.75) is 6.54 Å². The molecule has 0 aromatic heterocycles. The van der Waals surface area contributed by atoms with Gasteiger partial charge in [0.05, 0.1) is 12.8 Å². The zero-order valence-electron chi connectivity index (χ0n) is 12.9. The molecule has 22 heavy (non-hydrogen) atoms. The number of methoxy groups -OCH3 is 1. The number of carbonyl (C=O) groups excluding carboxylic acids is 1. The second-order valence-electron chi connectivity index (χ2n) is 5.24. The third kappa shape index (κ3) is 4.05. The van der Waals surface area contributed by atoms with Crippen molar-refractivity contribution in [3.8, 4) is 5.75 Å². The van der Waals surface area contributed by atoms with Crippen LogP contribution >= 0.6 is 0 Å². The van der Waals surface area contributed by atoms with Crippen molar-refractivity contribution >= 4 is 11.6 Å². The normalized spacial score (nSPS) is 10.6. The number of rotatable bonds is 5. The number of carbonyl (C=O) groups is 1. The SMILES string of the molecule is COc1ccc(F)c(NC(=O)c2cccc(CN(C)C)c2)c1. The van der Waals surface area contributed by atoms with Crippen molar-refractivity contribution in [2.75, 3.05) is 26.5 Å². The van der Waals surface area contributed by atoms with Crippen molar-refractivity contribution < 1.29 is 13.9 Å². The second kappa shape index (κ2) is 7.04. The Hall–Kier alpha value is -2.40. The molecule has 0 saturated heterocycles. The van der Waals surface area contributed by atoms with Crippen LogP contribution in [0.2, 0.25) is 0 Å². The van der Waals surface area contributed by atoms with E-state index >= 15 is 0 Å². The summed E-state index contributed by atoms with van der Waals surface area (Å²) in [5.41, 5.74) is 1.60. The maximum absolute atomic E-state index is 13.8. The number of nitrogens with one attached hydrogen (secondary N) is 1. The molecule has 0 bridgehead atoms. The second-order valence-corrected chi connectivity index (χ2v) is 5.24. The molecule has 0 aliphatic heterocycles. The summed E-state index contributed by atoms with van der Waals surface area (Å²) >= 11 is 0. The molecule has 0 spiro atoms. The maximum Gasteiger partial charge on any atom is 0.255 e. The van der Waals surface area contributed by atoms with E-state index in [1.165, 1.54) is 25.3 Å². The van der Waals surface area contributed by atoms with E-state index in [-0.39, 0.29) is 11.6 Å². The number of halogens is 1. The van der Waals surface area contributed by atoms with E-state index < -0.39 is 5.82 Å². The van der Waals surface area contributed by atoms with Gasteiger partial charge < -0.3 is 15.0 Å². The van der Waals surface area contributed by atoms with Gasteiger partial charge >= 0.3 is 0 Å². The molecule has 0 aliphatic carbocycles. The Bertz CT molecular complexity index is 671. The molecule has 0 fully saturated rings. The fourth-order valence-electron chi connectivity index (χ4n) is 2.10. The van der Waals surface area contributed by atoms with Crippen LogP contribution in [0.25, 0.3) is 0 Å². The Balaban J connectivity index is 2.19. The lowest BCUT2D eigenvalue weighted by atomic mass is 10.1. The van der Waals surface area contributed by atoms with Gasteiger partial charge in [-0.3, -0.25) is 4.79 Å². The molecule has 116 valence electrons. The number of benzene rings is 2. The smallest absolute Gasteiger partial charge is 0.255 e. The van der Waals surface area contributed by atoms with Crippen molar-refractivity contribution in [2.24, 2.45) is 0 Å². The van der Waals surface area contributed by atoms with Gasteiger partial charge in [-0.25, -0.2) is 4.39 Å². The van der Waals surface area contributed by atoms with Gasteiger partial charge in [0.2, 0.25) is 0 Å². The monoisotopic (exact) mass is 302 g/mol. The first-order chi connectivity index (χ1) is 10.5. The standard InChI is InChI=1S/C17H19FN2O2/c1-20(2)11-12-5-4-6-13(9-12)17(21)19-16-10-14(22-3)7-8-15(16)18/h4-10H,11H2,1-3H3,(H,19,21). The molecule has 2 aromatic carbocycles. The average Bonchev–Trinajstić information content (AvgIpc) is 2.49. The Morgan fingerprint density at radius 1 is 1.23 bits per heavy atom. The summed E-state index contributed by atoms with van der Waals surface area (Å²) in [5, 5.41) is 2.57. The highest BCUT2D eigenvalue weighted by Crippen LogP contribution is 2.22. The van der Waals surface area contributed by atoms with E-state index in [1.807, 2.05) is 31.1 Å². The molecule has 0 radical (unpaired) electrons. The van der Waals surface area contributed by atoms with Crippen LogP contribution in [0.3, 0.4) is 0 Å². The molecule has 0 aliphatic rings. The van der Waals surface area contributed by atoms with Crippen LogP contribution in [0.4, 0.5) is 10.1 Å². The topological polar surface area (TPSA) is 41.6 Å². The first-order valence-electron chi connectivity index (χ1n) is 6.88. The highest BCUT2D eigenvalue weighted by atomic mass is 19.1. The van der Waals surface area contributed by atoms with Crippen LogP contribution in [0.5, 0.6) is 5.75 Å². The Morgan fingerprint density at radius 3 is 2.68 bits per heavy atom. The first kappa shape index (κ1) is 16.0. The Labute approximate surface area is 129 Å². The van der Waals surface area contributed by atoms with E-state index in [9.17, 15) is 9.18 Å². The molecule has 0 unspecified atom stereocenters. The molecule has 0 saturated carbocycles. The van der Waals surface area contributed by atoms with E-state index in [2.05, 4.69) is 5.32 Å². The molecule has 1 N–H and O–H groups in total. The summed E-state index contributed by atoms with van der Waals surface area (Å²) in [6.45, 7) is 0.731. The van der Waals surface area contributed by atoms with E-state index in [1.54, 1.807) is 12.1 Å². The van der Waals surface area contributed by atoms with Gasteiger partial charge in [-0.2, -0.15) is 0 Å². The minimum Gasteiger partial charge on any atom is -0.497 e. The maximum atomic E-state index is 13.8. The van der Waals surface area contributed by atoms with Crippen LogP contribution < -0.4 is 10.1 Å². The molecule has 0 heterocycles. The Morgan fingerprint density at radius 2 is 2.00 bits per heavy atom. The molecule has 0 atom stereocenters. The van der Waals surface area contributed by atoms with E-state index in [4.69, 9.17) is 4.74 Å². The minimum atomic E-state index is -0.501. The highest BCUT2D eigenvalue weighted by molar-refractivity contribution is 6.04. The van der Waals surface area contributed by atoms with Gasteiger partial charge in [0, 0.05) is 18.2 Å². The van der Waals surface area contributed by atoms with Crippen molar-refractivity contribution in [1.82, 2.24) is 4.90 Å². The van der Waals surface area contributed by atoms with Crippen LogP contribution in [0, 0.1) is 5.82 Å². The summed E-state index contributed by atoms with van der Waals surface area (Å²) in [5.74, 6) is -0.371. The number of ether oxygens (including phenoxy) is 1. The van der Waals surface area contributed by atoms with Crippen LogP contribution in [-0.2, 0) is 6.54 Å². The number of hydrogen-bond acceptors (Lipinski definition) is 3. The minimum absolute atomic E-state index is 0.0994. The largest absolute Gasteiger partial charge is 0.497 e. The molecule has 2 rings (SSSR count). The van der Waals surface area contributed by atoms with E-state index in [0.717, 1.165) is 12.1 Å². The predicted octanol–water partition coefficient (Wildman–Crippen LogP) is 3.15. The summed E-state index contributed by atoms with van der Waals surface area (Å²) in [6, 6.07) is 11.5.